The number of ether oxygens (including phenoxy) is 1. The molecule has 3 aromatic rings. The number of imide groups is 2. The number of benzene rings is 3. The number of amides is 4. The average molecular weight is 830 g/mol. The number of hydrogen-bond donors (Lipinski definition) is 1. The van der Waals surface area contributed by atoms with Crippen LogP contribution in [0.5, 0.6) is 11.5 Å². The Morgan fingerprint density at radius 1 is 0.868 bits per heavy atom. The lowest BCUT2D eigenvalue weighted by atomic mass is 9.51. The van der Waals surface area contributed by atoms with Gasteiger partial charge >= 0.3 is 12.4 Å². The van der Waals surface area contributed by atoms with Gasteiger partial charge in [0.05, 0.1) is 62.3 Å². The fraction of sp³-hybridized carbons (Fsp3) is 0.333. The van der Waals surface area contributed by atoms with Crippen molar-refractivity contribution < 1.29 is 59.8 Å². The maximum absolute atomic E-state index is 14.6. The van der Waals surface area contributed by atoms with Crippen LogP contribution in [0.1, 0.15) is 42.4 Å². The molecule has 2 aliphatic carbocycles. The highest BCUT2D eigenvalue weighted by Crippen LogP contribution is 2.64. The van der Waals surface area contributed by atoms with Crippen LogP contribution in [0.4, 0.5) is 42.1 Å². The van der Waals surface area contributed by atoms with Crippen molar-refractivity contribution in [3.8, 4) is 11.5 Å². The Bertz CT molecular complexity index is 2140. The van der Waals surface area contributed by atoms with E-state index in [2.05, 4.69) is 15.9 Å². The van der Waals surface area contributed by atoms with E-state index in [4.69, 9.17) is 16.3 Å². The lowest BCUT2D eigenvalue weighted by molar-refractivity contribution is -0.143. The first-order chi connectivity index (χ1) is 24.7. The van der Waals surface area contributed by atoms with Gasteiger partial charge in [-0.05, 0) is 95.7 Å². The molecular formula is C36H25BrClF7N2O6. The van der Waals surface area contributed by atoms with Crippen LogP contribution in [0.3, 0.4) is 0 Å². The monoisotopic (exact) mass is 828 g/mol. The smallest absolute Gasteiger partial charge is 0.416 e. The van der Waals surface area contributed by atoms with Gasteiger partial charge in [-0.25, -0.2) is 14.2 Å². The predicted molar refractivity (Wildman–Crippen MR) is 177 cm³/mol. The summed E-state index contributed by atoms with van der Waals surface area (Å²) in [5, 5.41) is 10.2. The number of fused-ring (bicyclic) bond motifs is 4. The average Bonchev–Trinajstić information content (AvgIpc) is 3.45. The Morgan fingerprint density at radius 2 is 1.51 bits per heavy atom. The van der Waals surface area contributed by atoms with Crippen molar-refractivity contribution in [1.82, 2.24) is 0 Å². The minimum absolute atomic E-state index is 0.0202. The molecule has 2 aliphatic heterocycles. The van der Waals surface area contributed by atoms with Gasteiger partial charge in [-0.3, -0.25) is 19.2 Å². The van der Waals surface area contributed by atoms with Gasteiger partial charge in [0.25, 0.3) is 0 Å². The minimum Gasteiger partial charge on any atom is -0.503 e. The van der Waals surface area contributed by atoms with Crippen molar-refractivity contribution in [3.63, 3.8) is 0 Å². The molecule has 6 atom stereocenters. The number of anilines is 2. The summed E-state index contributed by atoms with van der Waals surface area (Å²) >= 11 is 9.30. The molecule has 7 rings (SSSR count). The second-order valence-corrected chi connectivity index (χ2v) is 14.9. The zero-order chi connectivity index (χ0) is 38.7. The molecule has 3 fully saturated rings. The maximum Gasteiger partial charge on any atom is 0.416 e. The maximum atomic E-state index is 14.6. The molecule has 2 heterocycles. The molecule has 0 bridgehead atoms. The van der Waals surface area contributed by atoms with Gasteiger partial charge in [-0.15, -0.1) is 0 Å². The van der Waals surface area contributed by atoms with E-state index in [9.17, 15) is 55.0 Å². The van der Waals surface area contributed by atoms with E-state index in [-0.39, 0.29) is 45.6 Å². The Labute approximate surface area is 309 Å². The van der Waals surface area contributed by atoms with E-state index in [1.165, 1.54) is 25.3 Å². The summed E-state index contributed by atoms with van der Waals surface area (Å²) in [6.07, 6.45) is -9.27. The highest BCUT2D eigenvalue weighted by molar-refractivity contribution is 9.10. The lowest BCUT2D eigenvalue weighted by Crippen LogP contribution is -2.48. The second kappa shape index (κ2) is 12.3. The normalized spacial score (nSPS) is 27.2. The third-order valence-electron chi connectivity index (χ3n) is 10.9. The Kier molecular flexibility index (Phi) is 8.56. The standard InChI is InChI=1S/C36H25BrClF7N2O6/c1-34-22(31(50)47(33(34)52)17-3-6-25(39)24(38)12-17)13-21-19(28(34)14-7-23(37)29(48)26(8-14)53-2)4-5-20-27(21)32(51)46(30(20)49)18-10-15(35(40,41)42)9-16(11-18)36(43,44)45/h3-4,6-12,20-22,27-28,48H,5,13H2,1-2H3/t20-,21+,22-,27-,28-,34+/m0/s1. The molecule has 0 radical (unpaired) electrons. The second-order valence-electron chi connectivity index (χ2n) is 13.6. The molecule has 4 aliphatic rings. The highest BCUT2D eigenvalue weighted by atomic mass is 79.9. The van der Waals surface area contributed by atoms with Gasteiger partial charge in [0, 0.05) is 5.92 Å². The van der Waals surface area contributed by atoms with Crippen LogP contribution in [-0.2, 0) is 31.5 Å². The number of allylic oxidation sites excluding steroid dienone is 2. The van der Waals surface area contributed by atoms with E-state index >= 15 is 0 Å². The summed E-state index contributed by atoms with van der Waals surface area (Å²) in [6, 6.07) is 6.70. The molecule has 2 saturated heterocycles. The van der Waals surface area contributed by atoms with Gasteiger partial charge in [0.2, 0.25) is 23.6 Å². The van der Waals surface area contributed by atoms with Gasteiger partial charge in [0.15, 0.2) is 11.5 Å². The van der Waals surface area contributed by atoms with E-state index in [0.29, 0.717) is 28.2 Å². The van der Waals surface area contributed by atoms with Crippen molar-refractivity contribution >= 4 is 62.5 Å². The van der Waals surface area contributed by atoms with Crippen molar-refractivity contribution in [1.29, 1.82) is 0 Å². The van der Waals surface area contributed by atoms with Crippen molar-refractivity contribution in [2.45, 2.75) is 38.0 Å². The summed E-state index contributed by atoms with van der Waals surface area (Å²) < 4.78 is 102. The number of aromatic hydroxyl groups is 1. The number of alkyl halides is 6. The molecule has 8 nitrogen and oxygen atoms in total. The third kappa shape index (κ3) is 5.53. The Morgan fingerprint density at radius 3 is 2.09 bits per heavy atom. The zero-order valence-electron chi connectivity index (χ0n) is 27.3. The summed E-state index contributed by atoms with van der Waals surface area (Å²) in [5.74, 6) is -10.4. The molecule has 0 spiro atoms. The van der Waals surface area contributed by atoms with Crippen molar-refractivity contribution in [2.24, 2.45) is 29.1 Å². The van der Waals surface area contributed by atoms with E-state index in [1.807, 2.05) is 0 Å². The SMILES string of the molecule is COc1cc([C@H]2C3=CC[C@@H]4C(=O)N(c5cc(C(F)(F)F)cc(C(F)(F)F)c5)C(=O)[C@@H]4[C@@H]3C[C@H]3C(=O)N(c4ccc(F)c(Cl)c4)C(=O)[C@@]23C)cc(Br)c1O. The Hall–Kier alpha value is -4.44. The van der Waals surface area contributed by atoms with Crippen LogP contribution in [0.2, 0.25) is 5.02 Å². The number of methoxy groups -OCH3 is 1. The summed E-state index contributed by atoms with van der Waals surface area (Å²) in [7, 11) is 1.28. The van der Waals surface area contributed by atoms with Crippen LogP contribution < -0.4 is 14.5 Å². The number of phenolic OH excluding ortho intramolecular Hbond substituents is 1. The van der Waals surface area contributed by atoms with Crippen LogP contribution in [0.15, 0.2) is 64.7 Å². The van der Waals surface area contributed by atoms with Crippen molar-refractivity contribution in [2.75, 3.05) is 16.9 Å². The fourth-order valence-electron chi connectivity index (χ4n) is 8.50. The number of nitrogens with zero attached hydrogens (tertiary/aromatic N) is 2. The minimum atomic E-state index is -5.25. The number of halogens is 9. The molecule has 4 amide bonds. The molecule has 53 heavy (non-hydrogen) atoms. The molecular weight excluding hydrogens is 805 g/mol. The van der Waals surface area contributed by atoms with E-state index in [0.717, 1.165) is 17.0 Å². The topological polar surface area (TPSA) is 104 Å². The van der Waals surface area contributed by atoms with Gasteiger partial charge < -0.3 is 9.84 Å². The lowest BCUT2D eigenvalue weighted by Gasteiger charge is -2.49. The van der Waals surface area contributed by atoms with Crippen LogP contribution in [0, 0.1) is 34.9 Å². The molecule has 1 N–H and O–H groups in total. The molecule has 3 aromatic carbocycles. The van der Waals surface area contributed by atoms with Gasteiger partial charge in [0.1, 0.15) is 5.82 Å². The first-order valence-corrected chi connectivity index (χ1v) is 17.1. The number of carbonyl (C=O) groups is 4. The summed E-state index contributed by atoms with van der Waals surface area (Å²) in [6.45, 7) is 1.54. The highest BCUT2D eigenvalue weighted by Gasteiger charge is 2.68. The fourth-order valence-corrected chi connectivity index (χ4v) is 9.14. The molecule has 0 unspecified atom stereocenters. The van der Waals surface area contributed by atoms with E-state index < -0.39 is 93.6 Å². The number of phenols is 1. The third-order valence-corrected chi connectivity index (χ3v) is 11.8. The molecule has 1 saturated carbocycles. The number of carbonyl (C=O) groups excluding carboxylic acids is 4. The number of rotatable bonds is 4. The molecule has 17 heteroatoms. The quantitative estimate of drug-likeness (QED) is 0.161. The summed E-state index contributed by atoms with van der Waals surface area (Å²) in [5.41, 5.74) is -5.22. The van der Waals surface area contributed by atoms with E-state index in [1.54, 1.807) is 13.0 Å². The first-order valence-electron chi connectivity index (χ1n) is 16.0. The zero-order valence-corrected chi connectivity index (χ0v) is 29.6. The first kappa shape index (κ1) is 36.9. The molecule has 0 aromatic heterocycles. The van der Waals surface area contributed by atoms with Gasteiger partial charge in [-0.1, -0.05) is 23.3 Å². The summed E-state index contributed by atoms with van der Waals surface area (Å²) in [4.78, 5) is 58.3. The van der Waals surface area contributed by atoms with Gasteiger partial charge in [-0.2, -0.15) is 26.3 Å². The van der Waals surface area contributed by atoms with Crippen LogP contribution in [0.25, 0.3) is 0 Å². The van der Waals surface area contributed by atoms with Crippen LogP contribution >= 0.6 is 27.5 Å². The molecule has 278 valence electrons. The van der Waals surface area contributed by atoms with Crippen molar-refractivity contribution in [3.05, 3.63) is 92.2 Å². The largest absolute Gasteiger partial charge is 0.503 e. The Balaban J connectivity index is 1.38. The van der Waals surface area contributed by atoms with Crippen LogP contribution in [-0.4, -0.2) is 35.8 Å². The predicted octanol–water partition coefficient (Wildman–Crippen LogP) is 8.43. The number of hydrogen-bond acceptors (Lipinski definition) is 6.